The van der Waals surface area contributed by atoms with Gasteiger partial charge < -0.3 is 10.4 Å². The lowest BCUT2D eigenvalue weighted by Crippen LogP contribution is -2.08. The van der Waals surface area contributed by atoms with Gasteiger partial charge >= 0.3 is 0 Å². The minimum absolute atomic E-state index is 0.0568. The highest BCUT2D eigenvalue weighted by Crippen LogP contribution is 2.30. The Labute approximate surface area is 129 Å². The van der Waals surface area contributed by atoms with Crippen LogP contribution in [0, 0.1) is 6.92 Å². The summed E-state index contributed by atoms with van der Waals surface area (Å²) in [6, 6.07) is 12.0. The zero-order valence-electron chi connectivity index (χ0n) is 12.1. The van der Waals surface area contributed by atoms with Gasteiger partial charge in [-0.1, -0.05) is 40.5 Å². The van der Waals surface area contributed by atoms with Gasteiger partial charge in [0.15, 0.2) is 0 Å². The van der Waals surface area contributed by atoms with E-state index < -0.39 is 0 Å². The monoisotopic (exact) mass is 333 g/mol. The van der Waals surface area contributed by atoms with E-state index >= 15 is 0 Å². The Morgan fingerprint density at radius 3 is 2.65 bits per heavy atom. The fourth-order valence-corrected chi connectivity index (χ4v) is 2.74. The van der Waals surface area contributed by atoms with Crippen LogP contribution in [-0.2, 0) is 6.42 Å². The summed E-state index contributed by atoms with van der Waals surface area (Å²) in [5.74, 6) is 0.339. The summed E-state index contributed by atoms with van der Waals surface area (Å²) in [4.78, 5) is 0. The third kappa shape index (κ3) is 3.34. The van der Waals surface area contributed by atoms with E-state index in [0.29, 0.717) is 5.75 Å². The quantitative estimate of drug-likeness (QED) is 0.805. The molecule has 1 unspecified atom stereocenters. The second-order valence-electron chi connectivity index (χ2n) is 5.08. The number of anilines is 1. The third-order valence-corrected chi connectivity index (χ3v) is 3.96. The zero-order chi connectivity index (χ0) is 14.7. The molecule has 0 bridgehead atoms. The number of aryl methyl sites for hydroxylation is 2. The van der Waals surface area contributed by atoms with E-state index in [1.807, 2.05) is 25.1 Å². The standard InChI is InChI=1S/C17H20BrNO/c1-4-13-10-14(18)6-7-16(13)19-12(3)15-9-11(2)5-8-17(15)20/h5-10,12,19-20H,4H2,1-3H3. The number of hydrogen-bond acceptors (Lipinski definition) is 2. The van der Waals surface area contributed by atoms with Crippen molar-refractivity contribution in [3.8, 4) is 5.75 Å². The van der Waals surface area contributed by atoms with Gasteiger partial charge in [-0.2, -0.15) is 0 Å². The molecule has 2 nitrogen and oxygen atoms in total. The van der Waals surface area contributed by atoms with Crippen molar-refractivity contribution >= 4 is 21.6 Å². The van der Waals surface area contributed by atoms with Gasteiger partial charge in [-0.05, 0) is 50.1 Å². The van der Waals surface area contributed by atoms with Gasteiger partial charge in [0.25, 0.3) is 0 Å². The van der Waals surface area contributed by atoms with Crippen molar-refractivity contribution in [1.82, 2.24) is 0 Å². The normalized spacial score (nSPS) is 12.2. The molecule has 20 heavy (non-hydrogen) atoms. The van der Waals surface area contributed by atoms with Crippen LogP contribution in [-0.4, -0.2) is 5.11 Å². The highest BCUT2D eigenvalue weighted by Gasteiger charge is 2.12. The highest BCUT2D eigenvalue weighted by atomic mass is 79.9. The number of phenols is 1. The Morgan fingerprint density at radius 2 is 1.95 bits per heavy atom. The predicted molar refractivity (Wildman–Crippen MR) is 88.4 cm³/mol. The maximum absolute atomic E-state index is 10.0. The molecule has 0 fully saturated rings. The maximum atomic E-state index is 10.0. The fraction of sp³-hybridized carbons (Fsp3) is 0.294. The second kappa shape index (κ2) is 6.31. The SMILES string of the molecule is CCc1cc(Br)ccc1NC(C)c1cc(C)ccc1O. The molecule has 0 aliphatic carbocycles. The first-order valence-corrected chi connectivity index (χ1v) is 7.65. The van der Waals surface area contributed by atoms with Crippen LogP contribution < -0.4 is 5.32 Å². The van der Waals surface area contributed by atoms with Crippen molar-refractivity contribution in [2.24, 2.45) is 0 Å². The summed E-state index contributed by atoms with van der Waals surface area (Å²) < 4.78 is 1.09. The Balaban J connectivity index is 2.27. The first-order chi connectivity index (χ1) is 9.51. The Morgan fingerprint density at radius 1 is 1.20 bits per heavy atom. The molecule has 3 heteroatoms. The van der Waals surface area contributed by atoms with E-state index in [0.717, 1.165) is 27.7 Å². The molecule has 0 aliphatic heterocycles. The lowest BCUT2D eigenvalue weighted by molar-refractivity contribution is 0.465. The predicted octanol–water partition coefficient (Wildman–Crippen LogP) is 5.20. The van der Waals surface area contributed by atoms with Crippen molar-refractivity contribution in [1.29, 1.82) is 0 Å². The van der Waals surface area contributed by atoms with Gasteiger partial charge in [0.1, 0.15) is 5.75 Å². The molecule has 0 radical (unpaired) electrons. The molecule has 2 rings (SSSR count). The number of nitrogens with one attached hydrogen (secondary N) is 1. The van der Waals surface area contributed by atoms with Crippen molar-refractivity contribution in [3.05, 3.63) is 57.6 Å². The van der Waals surface area contributed by atoms with Crippen LogP contribution in [0.4, 0.5) is 5.69 Å². The summed E-state index contributed by atoms with van der Waals surface area (Å²) >= 11 is 3.50. The molecule has 106 valence electrons. The maximum Gasteiger partial charge on any atom is 0.120 e. The largest absolute Gasteiger partial charge is 0.508 e. The molecular weight excluding hydrogens is 314 g/mol. The second-order valence-corrected chi connectivity index (χ2v) is 6.00. The average Bonchev–Trinajstić information content (AvgIpc) is 2.43. The summed E-state index contributed by atoms with van der Waals surface area (Å²) in [5.41, 5.74) is 4.45. The lowest BCUT2D eigenvalue weighted by Gasteiger charge is -2.19. The summed E-state index contributed by atoms with van der Waals surface area (Å²) in [6.45, 7) is 6.24. The first-order valence-electron chi connectivity index (χ1n) is 6.85. The number of rotatable bonds is 4. The van der Waals surface area contributed by atoms with Crippen LogP contribution in [0.1, 0.15) is 36.6 Å². The number of halogens is 1. The first kappa shape index (κ1) is 14.9. The highest BCUT2D eigenvalue weighted by molar-refractivity contribution is 9.10. The van der Waals surface area contributed by atoms with Gasteiger partial charge in [0.2, 0.25) is 0 Å². The fourth-order valence-electron chi connectivity index (χ4n) is 2.33. The van der Waals surface area contributed by atoms with Crippen LogP contribution in [0.3, 0.4) is 0 Å². The average molecular weight is 334 g/mol. The lowest BCUT2D eigenvalue weighted by atomic mass is 10.0. The molecular formula is C17H20BrNO. The van der Waals surface area contributed by atoms with Crippen LogP contribution in [0.2, 0.25) is 0 Å². The molecule has 1 atom stereocenters. The third-order valence-electron chi connectivity index (χ3n) is 3.47. The van der Waals surface area contributed by atoms with E-state index in [9.17, 15) is 5.11 Å². The minimum Gasteiger partial charge on any atom is -0.508 e. The summed E-state index contributed by atoms with van der Waals surface area (Å²) in [6.07, 6.45) is 0.967. The molecule has 0 amide bonds. The van der Waals surface area contributed by atoms with E-state index in [2.05, 4.69) is 47.2 Å². The van der Waals surface area contributed by atoms with E-state index in [1.54, 1.807) is 6.07 Å². The van der Waals surface area contributed by atoms with Crippen molar-refractivity contribution in [2.45, 2.75) is 33.2 Å². The van der Waals surface area contributed by atoms with Crippen LogP contribution >= 0.6 is 15.9 Å². The van der Waals surface area contributed by atoms with E-state index in [4.69, 9.17) is 0 Å². The molecule has 2 N–H and O–H groups in total. The van der Waals surface area contributed by atoms with Crippen molar-refractivity contribution in [2.75, 3.05) is 5.32 Å². The number of aromatic hydroxyl groups is 1. The van der Waals surface area contributed by atoms with Gasteiger partial charge in [-0.15, -0.1) is 0 Å². The zero-order valence-corrected chi connectivity index (χ0v) is 13.7. The van der Waals surface area contributed by atoms with Gasteiger partial charge in [0.05, 0.1) is 6.04 Å². The smallest absolute Gasteiger partial charge is 0.120 e. The number of benzene rings is 2. The van der Waals surface area contributed by atoms with Gasteiger partial charge in [-0.3, -0.25) is 0 Å². The van der Waals surface area contributed by atoms with Crippen molar-refractivity contribution < 1.29 is 5.11 Å². The number of hydrogen-bond donors (Lipinski definition) is 2. The topological polar surface area (TPSA) is 32.3 Å². The van der Waals surface area contributed by atoms with Gasteiger partial charge in [-0.25, -0.2) is 0 Å². The molecule has 0 saturated heterocycles. The Bertz CT molecular complexity index is 610. The Hall–Kier alpha value is -1.48. The molecule has 2 aromatic carbocycles. The molecule has 2 aromatic rings. The van der Waals surface area contributed by atoms with Crippen LogP contribution in [0.25, 0.3) is 0 Å². The minimum atomic E-state index is 0.0568. The molecule has 0 spiro atoms. The van der Waals surface area contributed by atoms with E-state index in [-0.39, 0.29) is 6.04 Å². The summed E-state index contributed by atoms with van der Waals surface area (Å²) in [7, 11) is 0. The molecule has 0 aliphatic rings. The van der Waals surface area contributed by atoms with Crippen molar-refractivity contribution in [3.63, 3.8) is 0 Å². The summed E-state index contributed by atoms with van der Waals surface area (Å²) in [5, 5.41) is 13.5. The van der Waals surface area contributed by atoms with Gasteiger partial charge in [0, 0.05) is 15.7 Å². The molecule has 0 aromatic heterocycles. The molecule has 0 saturated carbocycles. The number of phenolic OH excluding ortho intramolecular Hbond substituents is 1. The van der Waals surface area contributed by atoms with Crippen LogP contribution in [0.5, 0.6) is 5.75 Å². The molecule has 0 heterocycles. The van der Waals surface area contributed by atoms with Crippen LogP contribution in [0.15, 0.2) is 40.9 Å². The Kier molecular flexibility index (Phi) is 4.71. The van der Waals surface area contributed by atoms with E-state index in [1.165, 1.54) is 5.56 Å².